The summed E-state index contributed by atoms with van der Waals surface area (Å²) in [5, 5.41) is 0. The molecular weight excluding hydrogens is 188 g/mol. The van der Waals surface area contributed by atoms with E-state index in [0.717, 1.165) is 32.5 Å². The van der Waals surface area contributed by atoms with E-state index in [-0.39, 0.29) is 0 Å². The van der Waals surface area contributed by atoms with Crippen LogP contribution in [0.1, 0.15) is 19.3 Å². The molecule has 15 heavy (non-hydrogen) atoms. The van der Waals surface area contributed by atoms with Crippen molar-refractivity contribution in [3.63, 3.8) is 0 Å². The van der Waals surface area contributed by atoms with Gasteiger partial charge < -0.3 is 9.80 Å². The molecule has 0 aromatic heterocycles. The summed E-state index contributed by atoms with van der Waals surface area (Å²) in [6, 6.07) is 0. The zero-order valence-corrected chi connectivity index (χ0v) is 9.91. The second kappa shape index (κ2) is 5.91. The van der Waals surface area contributed by atoms with Crippen LogP contribution in [0.5, 0.6) is 0 Å². The summed E-state index contributed by atoms with van der Waals surface area (Å²) in [5.74, 6) is 0.677. The molecule has 86 valence electrons. The molecule has 1 aliphatic rings. The minimum Gasteiger partial charge on any atom is -0.342 e. The molecule has 1 fully saturated rings. The molecule has 1 atom stereocenters. The Labute approximate surface area is 92.7 Å². The van der Waals surface area contributed by atoms with Gasteiger partial charge in [-0.25, -0.2) is 0 Å². The van der Waals surface area contributed by atoms with Gasteiger partial charge in [0, 0.05) is 25.4 Å². The van der Waals surface area contributed by atoms with Crippen molar-refractivity contribution < 1.29 is 4.79 Å². The number of likely N-dealkylation sites (tertiary alicyclic amines) is 1. The molecule has 1 unspecified atom stereocenters. The molecule has 0 N–H and O–H groups in total. The number of amides is 1. The third-order valence-electron chi connectivity index (χ3n) is 2.86. The standard InChI is InChI=1S/C12H22N2O/c1-4-11-9-12(15)14(10-11)8-6-5-7-13(2)3/h4,11H,1,5-10H2,2-3H3. The van der Waals surface area contributed by atoms with Gasteiger partial charge in [-0.05, 0) is 33.5 Å². The molecule has 3 nitrogen and oxygen atoms in total. The lowest BCUT2D eigenvalue weighted by Gasteiger charge is -2.16. The third-order valence-corrected chi connectivity index (χ3v) is 2.86. The van der Waals surface area contributed by atoms with Gasteiger partial charge in [0.05, 0.1) is 0 Å². The van der Waals surface area contributed by atoms with Gasteiger partial charge in [0.1, 0.15) is 0 Å². The van der Waals surface area contributed by atoms with E-state index in [1.165, 1.54) is 0 Å². The van der Waals surface area contributed by atoms with Gasteiger partial charge in [0.2, 0.25) is 5.91 Å². The van der Waals surface area contributed by atoms with Crippen LogP contribution < -0.4 is 0 Å². The van der Waals surface area contributed by atoms with Crippen molar-refractivity contribution in [3.8, 4) is 0 Å². The number of unbranched alkanes of at least 4 members (excludes halogenated alkanes) is 1. The maximum Gasteiger partial charge on any atom is 0.223 e. The molecule has 1 saturated heterocycles. The van der Waals surface area contributed by atoms with Crippen molar-refractivity contribution in [2.45, 2.75) is 19.3 Å². The van der Waals surface area contributed by atoms with E-state index in [1.807, 2.05) is 11.0 Å². The van der Waals surface area contributed by atoms with Crippen LogP contribution >= 0.6 is 0 Å². The van der Waals surface area contributed by atoms with Crippen LogP contribution in [0.15, 0.2) is 12.7 Å². The number of carbonyl (C=O) groups excluding carboxylic acids is 1. The van der Waals surface area contributed by atoms with Crippen molar-refractivity contribution >= 4 is 5.91 Å². The maximum absolute atomic E-state index is 11.5. The first-order chi connectivity index (χ1) is 7.13. The number of hydrogen-bond donors (Lipinski definition) is 0. The summed E-state index contributed by atoms with van der Waals surface area (Å²) in [4.78, 5) is 15.7. The van der Waals surface area contributed by atoms with Crippen LogP contribution in [-0.4, -0.2) is 49.4 Å². The largest absolute Gasteiger partial charge is 0.342 e. The Morgan fingerprint density at radius 3 is 2.80 bits per heavy atom. The third kappa shape index (κ3) is 4.04. The number of rotatable bonds is 6. The fourth-order valence-corrected chi connectivity index (χ4v) is 1.91. The first-order valence-corrected chi connectivity index (χ1v) is 5.68. The predicted molar refractivity (Wildman–Crippen MR) is 62.7 cm³/mol. The van der Waals surface area contributed by atoms with Gasteiger partial charge in [-0.2, -0.15) is 0 Å². The lowest BCUT2D eigenvalue weighted by atomic mass is 10.1. The Bertz CT molecular complexity index is 226. The highest BCUT2D eigenvalue weighted by molar-refractivity contribution is 5.78. The second-order valence-electron chi connectivity index (χ2n) is 4.55. The summed E-state index contributed by atoms with van der Waals surface area (Å²) in [6.07, 6.45) is 4.83. The molecule has 0 aromatic carbocycles. The SMILES string of the molecule is C=CC1CC(=O)N(CCCCN(C)C)C1. The van der Waals surface area contributed by atoms with E-state index >= 15 is 0 Å². The van der Waals surface area contributed by atoms with Gasteiger partial charge in [-0.3, -0.25) is 4.79 Å². The average molecular weight is 210 g/mol. The fraction of sp³-hybridized carbons (Fsp3) is 0.750. The summed E-state index contributed by atoms with van der Waals surface area (Å²) in [5.41, 5.74) is 0. The molecule has 0 bridgehead atoms. The van der Waals surface area contributed by atoms with E-state index in [4.69, 9.17) is 0 Å². The monoisotopic (exact) mass is 210 g/mol. The van der Waals surface area contributed by atoms with E-state index in [0.29, 0.717) is 18.2 Å². The lowest BCUT2D eigenvalue weighted by Crippen LogP contribution is -2.26. The number of carbonyl (C=O) groups is 1. The Morgan fingerprint density at radius 1 is 1.53 bits per heavy atom. The van der Waals surface area contributed by atoms with Crippen molar-refractivity contribution in [1.29, 1.82) is 0 Å². The fourth-order valence-electron chi connectivity index (χ4n) is 1.91. The quantitative estimate of drug-likeness (QED) is 0.488. The highest BCUT2D eigenvalue weighted by Crippen LogP contribution is 2.18. The Morgan fingerprint density at radius 2 is 2.27 bits per heavy atom. The molecule has 0 saturated carbocycles. The molecule has 1 amide bonds. The van der Waals surface area contributed by atoms with E-state index in [2.05, 4.69) is 25.6 Å². The maximum atomic E-state index is 11.5. The van der Waals surface area contributed by atoms with Gasteiger partial charge in [-0.15, -0.1) is 6.58 Å². The van der Waals surface area contributed by atoms with Crippen molar-refractivity contribution in [1.82, 2.24) is 9.80 Å². The van der Waals surface area contributed by atoms with E-state index in [1.54, 1.807) is 0 Å². The normalized spacial score (nSPS) is 21.4. The molecule has 0 spiro atoms. The van der Waals surface area contributed by atoms with Gasteiger partial charge in [-0.1, -0.05) is 6.08 Å². The predicted octanol–water partition coefficient (Wildman–Crippen LogP) is 1.36. The summed E-state index contributed by atoms with van der Waals surface area (Å²) in [6.45, 7) is 6.64. The Hall–Kier alpha value is -0.830. The first kappa shape index (κ1) is 12.2. The van der Waals surface area contributed by atoms with Gasteiger partial charge in [0.25, 0.3) is 0 Å². The highest BCUT2D eigenvalue weighted by atomic mass is 16.2. The molecule has 0 radical (unpaired) electrons. The smallest absolute Gasteiger partial charge is 0.223 e. The van der Waals surface area contributed by atoms with Crippen LogP contribution in [0, 0.1) is 5.92 Å². The average Bonchev–Trinajstić information content (AvgIpc) is 2.54. The van der Waals surface area contributed by atoms with Crippen LogP contribution in [0.4, 0.5) is 0 Å². The highest BCUT2D eigenvalue weighted by Gasteiger charge is 2.26. The molecule has 0 aliphatic carbocycles. The van der Waals surface area contributed by atoms with Crippen LogP contribution in [0.2, 0.25) is 0 Å². The van der Waals surface area contributed by atoms with Crippen LogP contribution in [0.25, 0.3) is 0 Å². The zero-order chi connectivity index (χ0) is 11.3. The second-order valence-corrected chi connectivity index (χ2v) is 4.55. The minimum absolute atomic E-state index is 0.296. The number of nitrogens with zero attached hydrogens (tertiary/aromatic N) is 2. The summed E-state index contributed by atoms with van der Waals surface area (Å²) >= 11 is 0. The topological polar surface area (TPSA) is 23.6 Å². The Balaban J connectivity index is 2.16. The van der Waals surface area contributed by atoms with Crippen LogP contribution in [0.3, 0.4) is 0 Å². The molecule has 1 rings (SSSR count). The number of hydrogen-bond acceptors (Lipinski definition) is 2. The van der Waals surface area contributed by atoms with Crippen molar-refractivity contribution in [2.24, 2.45) is 5.92 Å². The molecule has 0 aromatic rings. The first-order valence-electron chi connectivity index (χ1n) is 5.68. The lowest BCUT2D eigenvalue weighted by molar-refractivity contribution is -0.127. The van der Waals surface area contributed by atoms with Crippen molar-refractivity contribution in [3.05, 3.63) is 12.7 Å². The minimum atomic E-state index is 0.296. The van der Waals surface area contributed by atoms with Gasteiger partial charge in [0.15, 0.2) is 0 Å². The van der Waals surface area contributed by atoms with Crippen molar-refractivity contribution in [2.75, 3.05) is 33.7 Å². The zero-order valence-electron chi connectivity index (χ0n) is 9.91. The van der Waals surface area contributed by atoms with E-state index in [9.17, 15) is 4.79 Å². The molecule has 3 heteroatoms. The van der Waals surface area contributed by atoms with Gasteiger partial charge >= 0.3 is 0 Å². The van der Waals surface area contributed by atoms with E-state index < -0.39 is 0 Å². The molecule has 1 aliphatic heterocycles. The summed E-state index contributed by atoms with van der Waals surface area (Å²) in [7, 11) is 4.16. The molecule has 1 heterocycles. The molecular formula is C12H22N2O. The van der Waals surface area contributed by atoms with Crippen LogP contribution in [-0.2, 0) is 4.79 Å². The summed E-state index contributed by atoms with van der Waals surface area (Å²) < 4.78 is 0. The Kier molecular flexibility index (Phi) is 4.82.